The van der Waals surface area contributed by atoms with Gasteiger partial charge in [0.15, 0.2) is 0 Å². The standard InChI is InChI=1S/C24H40O4/c1-14(4-7-21(27)28)17-5-6-18-22-19(9-11-24(17,18)3)23(2)10-8-16(25)12-15(23)13-20(22)26/h14-20,22,25-26H,4-13H2,1-3H3,(H,27,28)/t14?,15-,16+,17?,18-,19-,20-,22-,23-,24?/m0/s1. The lowest BCUT2D eigenvalue weighted by atomic mass is 9.43. The van der Waals surface area contributed by atoms with E-state index < -0.39 is 5.97 Å². The number of carboxylic acids is 1. The molecule has 10 atom stereocenters. The van der Waals surface area contributed by atoms with Crippen LogP contribution in [0.3, 0.4) is 0 Å². The SMILES string of the molecule is CC(CCC(=O)O)C1CC[C@H]2[C@@H]3[C@@H](O)C[C@@H]4C[C@H](O)CC[C@]4(C)[C@H]3CCC12C. The van der Waals surface area contributed by atoms with Crippen molar-refractivity contribution < 1.29 is 20.1 Å². The first kappa shape index (κ1) is 20.7. The van der Waals surface area contributed by atoms with Gasteiger partial charge < -0.3 is 15.3 Å². The van der Waals surface area contributed by atoms with Gasteiger partial charge in [0.1, 0.15) is 0 Å². The van der Waals surface area contributed by atoms with Crippen molar-refractivity contribution in [2.45, 2.75) is 97.2 Å². The van der Waals surface area contributed by atoms with Crippen molar-refractivity contribution in [2.24, 2.45) is 46.3 Å². The highest BCUT2D eigenvalue weighted by molar-refractivity contribution is 5.66. The van der Waals surface area contributed by atoms with Crippen LogP contribution in [0.1, 0.15) is 85.0 Å². The van der Waals surface area contributed by atoms with Gasteiger partial charge in [-0.25, -0.2) is 0 Å². The van der Waals surface area contributed by atoms with E-state index in [0.29, 0.717) is 35.5 Å². The molecule has 0 amide bonds. The van der Waals surface area contributed by atoms with Crippen LogP contribution in [0.5, 0.6) is 0 Å². The fourth-order valence-electron chi connectivity index (χ4n) is 8.73. The van der Waals surface area contributed by atoms with Gasteiger partial charge in [0.05, 0.1) is 12.2 Å². The number of hydrogen-bond acceptors (Lipinski definition) is 3. The van der Waals surface area contributed by atoms with Crippen LogP contribution in [-0.4, -0.2) is 33.5 Å². The summed E-state index contributed by atoms with van der Waals surface area (Å²) in [6.45, 7) is 7.16. The lowest BCUT2D eigenvalue weighted by Crippen LogP contribution is -2.58. The summed E-state index contributed by atoms with van der Waals surface area (Å²) in [5.41, 5.74) is 0.523. The Balaban J connectivity index is 1.55. The number of aliphatic carboxylic acids is 1. The molecule has 0 aromatic heterocycles. The van der Waals surface area contributed by atoms with Crippen molar-refractivity contribution in [3.05, 3.63) is 0 Å². The van der Waals surface area contributed by atoms with E-state index in [1.807, 2.05) is 0 Å². The molecule has 0 bridgehead atoms. The zero-order chi connectivity index (χ0) is 20.3. The number of hydrogen-bond donors (Lipinski definition) is 3. The summed E-state index contributed by atoms with van der Waals surface area (Å²) in [4.78, 5) is 11.1. The Hall–Kier alpha value is -0.610. The second kappa shape index (κ2) is 7.27. The van der Waals surface area contributed by atoms with E-state index in [2.05, 4.69) is 20.8 Å². The number of rotatable bonds is 4. The fourth-order valence-corrected chi connectivity index (χ4v) is 8.73. The van der Waals surface area contributed by atoms with Crippen LogP contribution in [0.15, 0.2) is 0 Å². The minimum Gasteiger partial charge on any atom is -0.481 e. The number of carbonyl (C=O) groups is 1. The largest absolute Gasteiger partial charge is 0.481 e. The summed E-state index contributed by atoms with van der Waals surface area (Å²) < 4.78 is 0. The van der Waals surface area contributed by atoms with Crippen LogP contribution < -0.4 is 0 Å². The summed E-state index contributed by atoms with van der Waals surface area (Å²) in [5.74, 6) is 2.36. The third-order valence-electron chi connectivity index (χ3n) is 10.2. The number of fused-ring (bicyclic) bond motifs is 5. The molecule has 4 heteroatoms. The predicted octanol–water partition coefficient (Wildman–Crippen LogP) is 4.48. The van der Waals surface area contributed by atoms with Crippen LogP contribution in [0, 0.1) is 46.3 Å². The highest BCUT2D eigenvalue weighted by atomic mass is 16.4. The molecule has 3 N–H and O–H groups in total. The normalized spacial score (nSPS) is 51.7. The lowest BCUT2D eigenvalue weighted by Gasteiger charge is -2.62. The summed E-state index contributed by atoms with van der Waals surface area (Å²) >= 11 is 0. The molecule has 0 spiro atoms. The van der Waals surface area contributed by atoms with Gasteiger partial charge in [0, 0.05) is 6.42 Å². The van der Waals surface area contributed by atoms with E-state index >= 15 is 0 Å². The topological polar surface area (TPSA) is 77.8 Å². The van der Waals surface area contributed by atoms with Crippen molar-refractivity contribution in [3.8, 4) is 0 Å². The minimum absolute atomic E-state index is 0.179. The molecule has 0 saturated heterocycles. The van der Waals surface area contributed by atoms with E-state index in [4.69, 9.17) is 5.11 Å². The second-order valence-electron chi connectivity index (χ2n) is 11.4. The summed E-state index contributed by atoms with van der Waals surface area (Å²) in [7, 11) is 0. The quantitative estimate of drug-likeness (QED) is 0.659. The molecule has 0 heterocycles. The van der Waals surface area contributed by atoms with E-state index in [9.17, 15) is 15.0 Å². The molecule has 4 rings (SSSR count). The van der Waals surface area contributed by atoms with Crippen LogP contribution in [0.25, 0.3) is 0 Å². The zero-order valence-electron chi connectivity index (χ0n) is 17.9. The highest BCUT2D eigenvalue weighted by Gasteiger charge is 2.62. The predicted molar refractivity (Wildman–Crippen MR) is 109 cm³/mol. The smallest absolute Gasteiger partial charge is 0.303 e. The summed E-state index contributed by atoms with van der Waals surface area (Å²) in [5, 5.41) is 30.5. The maximum Gasteiger partial charge on any atom is 0.303 e. The van der Waals surface area contributed by atoms with E-state index in [0.717, 1.165) is 32.1 Å². The molecule has 0 aromatic rings. The molecule has 160 valence electrons. The molecular formula is C24H40O4. The molecule has 3 unspecified atom stereocenters. The van der Waals surface area contributed by atoms with Crippen molar-refractivity contribution in [2.75, 3.05) is 0 Å². The highest BCUT2D eigenvalue weighted by Crippen LogP contribution is 2.68. The van der Waals surface area contributed by atoms with Crippen LogP contribution in [0.2, 0.25) is 0 Å². The average Bonchev–Trinajstić information content (AvgIpc) is 2.98. The zero-order valence-corrected chi connectivity index (χ0v) is 17.9. The first-order chi connectivity index (χ1) is 13.2. The van der Waals surface area contributed by atoms with Gasteiger partial charge in [-0.3, -0.25) is 4.79 Å². The molecule has 0 radical (unpaired) electrons. The number of aliphatic hydroxyl groups excluding tert-OH is 2. The summed E-state index contributed by atoms with van der Waals surface area (Å²) in [6.07, 6.45) is 9.19. The number of carboxylic acid groups (broad SMARTS) is 1. The van der Waals surface area contributed by atoms with Crippen molar-refractivity contribution in [1.82, 2.24) is 0 Å². The van der Waals surface area contributed by atoms with Gasteiger partial charge in [-0.15, -0.1) is 0 Å². The Morgan fingerprint density at radius 2 is 1.68 bits per heavy atom. The Morgan fingerprint density at radius 1 is 1.00 bits per heavy atom. The molecule has 28 heavy (non-hydrogen) atoms. The molecule has 4 saturated carbocycles. The Kier molecular flexibility index (Phi) is 5.36. The van der Waals surface area contributed by atoms with Gasteiger partial charge in [-0.2, -0.15) is 0 Å². The molecular weight excluding hydrogens is 352 g/mol. The van der Waals surface area contributed by atoms with E-state index in [-0.39, 0.29) is 29.5 Å². The third kappa shape index (κ3) is 3.14. The number of aliphatic hydroxyl groups is 2. The van der Waals surface area contributed by atoms with Crippen molar-refractivity contribution >= 4 is 5.97 Å². The Morgan fingerprint density at radius 3 is 2.39 bits per heavy atom. The van der Waals surface area contributed by atoms with Gasteiger partial charge in [0.25, 0.3) is 0 Å². The fraction of sp³-hybridized carbons (Fsp3) is 0.958. The average molecular weight is 393 g/mol. The Bertz CT molecular complexity index is 605. The maximum absolute atomic E-state index is 11.2. The van der Waals surface area contributed by atoms with Gasteiger partial charge in [-0.05, 0) is 104 Å². The van der Waals surface area contributed by atoms with Gasteiger partial charge >= 0.3 is 5.97 Å². The molecule has 4 nitrogen and oxygen atoms in total. The second-order valence-corrected chi connectivity index (χ2v) is 11.4. The first-order valence-corrected chi connectivity index (χ1v) is 11.7. The molecule has 0 aromatic carbocycles. The van der Waals surface area contributed by atoms with Crippen LogP contribution >= 0.6 is 0 Å². The minimum atomic E-state index is -0.684. The molecule has 0 aliphatic heterocycles. The molecule has 4 aliphatic rings. The van der Waals surface area contributed by atoms with Crippen LogP contribution in [-0.2, 0) is 4.79 Å². The van der Waals surface area contributed by atoms with Crippen LogP contribution in [0.4, 0.5) is 0 Å². The van der Waals surface area contributed by atoms with Gasteiger partial charge in [0.2, 0.25) is 0 Å². The first-order valence-electron chi connectivity index (χ1n) is 11.7. The monoisotopic (exact) mass is 392 g/mol. The molecule has 4 aliphatic carbocycles. The van der Waals surface area contributed by atoms with E-state index in [1.54, 1.807) is 0 Å². The summed E-state index contributed by atoms with van der Waals surface area (Å²) in [6, 6.07) is 0. The van der Waals surface area contributed by atoms with Crippen molar-refractivity contribution in [1.29, 1.82) is 0 Å². The maximum atomic E-state index is 11.2. The lowest BCUT2D eigenvalue weighted by molar-refractivity contribution is -0.174. The molecule has 4 fully saturated rings. The third-order valence-corrected chi connectivity index (χ3v) is 10.2. The van der Waals surface area contributed by atoms with Gasteiger partial charge in [-0.1, -0.05) is 20.8 Å². The van der Waals surface area contributed by atoms with Crippen molar-refractivity contribution in [3.63, 3.8) is 0 Å². The van der Waals surface area contributed by atoms with E-state index in [1.165, 1.54) is 25.7 Å². The Labute approximate surface area is 170 Å².